The first kappa shape index (κ1) is 29.2. The molecule has 0 aliphatic carbocycles. The Morgan fingerprint density at radius 3 is 2.34 bits per heavy atom. The average molecular weight is 605 g/mol. The van der Waals surface area contributed by atoms with Gasteiger partial charge < -0.3 is 33.9 Å². The molecule has 0 bridgehead atoms. The second-order valence-corrected chi connectivity index (χ2v) is 12.4. The van der Waals surface area contributed by atoms with Crippen molar-refractivity contribution in [3.63, 3.8) is 0 Å². The monoisotopic (exact) mass is 604 g/mol. The van der Waals surface area contributed by atoms with Crippen molar-refractivity contribution in [1.82, 2.24) is 9.55 Å². The summed E-state index contributed by atoms with van der Waals surface area (Å²) in [5.74, 6) is 0.752. The number of benzene rings is 2. The molecule has 5 atom stereocenters. The molecule has 7 rings (SSSR count). The smallest absolute Gasteiger partial charge is 0.198 e. The van der Waals surface area contributed by atoms with Gasteiger partial charge in [-0.05, 0) is 56.4 Å². The molecule has 0 amide bonds. The first-order valence-corrected chi connectivity index (χ1v) is 15.2. The molecule has 2 aromatic carbocycles. The van der Waals surface area contributed by atoms with Crippen LogP contribution in [-0.2, 0) is 14.2 Å². The molecule has 2 aromatic heterocycles. The molecule has 0 radical (unpaired) electrons. The summed E-state index contributed by atoms with van der Waals surface area (Å²) in [6.07, 6.45) is 0.560. The van der Waals surface area contributed by atoms with E-state index in [1.165, 1.54) is 6.07 Å². The van der Waals surface area contributed by atoms with Crippen LogP contribution in [0.25, 0.3) is 33.4 Å². The summed E-state index contributed by atoms with van der Waals surface area (Å²) in [5.41, 5.74) is 3.14. The third kappa shape index (κ3) is 5.80. The number of halogens is 1. The Hall–Kier alpha value is -3.54. The minimum absolute atomic E-state index is 0.198. The highest BCUT2D eigenvalue weighted by molar-refractivity contribution is 5.82. The van der Waals surface area contributed by atoms with Crippen molar-refractivity contribution in [2.75, 3.05) is 26.4 Å². The van der Waals surface area contributed by atoms with Crippen molar-refractivity contribution < 1.29 is 38.3 Å². The number of fused-ring (bicyclic) bond motifs is 2. The molecule has 3 aliphatic heterocycles. The van der Waals surface area contributed by atoms with Crippen molar-refractivity contribution in [1.29, 1.82) is 0 Å². The lowest BCUT2D eigenvalue weighted by Crippen LogP contribution is -2.35. The maximum atomic E-state index is 15.8. The molecule has 5 heterocycles. The van der Waals surface area contributed by atoms with Crippen LogP contribution in [0.15, 0.2) is 60.7 Å². The Bertz CT molecular complexity index is 1610. The summed E-state index contributed by atoms with van der Waals surface area (Å²) in [5, 5.41) is 20.1. The number of pyridine rings is 1. The van der Waals surface area contributed by atoms with E-state index in [0.717, 1.165) is 30.4 Å². The fourth-order valence-corrected chi connectivity index (χ4v) is 6.14. The standard InChI is InChI=1S/C34H37FN2O7/c1-34(2,39)19-43-23-12-10-21(11-13-23)20-6-8-22(9-7-20)31-24(35)15-26-25(36-31)16-30(37(26)29-5-3-4-14-40-29)44-28-18-42-32-27(38)17-41-33(28)32/h6-13,15-16,27-29,32-33,38-39H,3-5,14,17-19H2,1-2H3/t27-,28-,29?,32-,33-/m1/s1. The second-order valence-electron chi connectivity index (χ2n) is 12.4. The zero-order chi connectivity index (χ0) is 30.4. The summed E-state index contributed by atoms with van der Waals surface area (Å²) in [6.45, 7) is 4.71. The first-order chi connectivity index (χ1) is 21.2. The molecule has 0 saturated carbocycles. The van der Waals surface area contributed by atoms with Crippen molar-refractivity contribution in [3.8, 4) is 34.0 Å². The predicted molar refractivity (Wildman–Crippen MR) is 161 cm³/mol. The number of ether oxygens (including phenoxy) is 5. The lowest BCUT2D eigenvalue weighted by atomic mass is 10.0. The van der Waals surface area contributed by atoms with E-state index in [1.54, 1.807) is 13.8 Å². The number of hydrogen-bond acceptors (Lipinski definition) is 8. The largest absolute Gasteiger partial charge is 0.491 e. The van der Waals surface area contributed by atoms with Crippen LogP contribution in [0.2, 0.25) is 0 Å². The topological polar surface area (TPSA) is 104 Å². The van der Waals surface area contributed by atoms with Gasteiger partial charge in [0.25, 0.3) is 0 Å². The van der Waals surface area contributed by atoms with E-state index in [1.807, 2.05) is 59.2 Å². The van der Waals surface area contributed by atoms with Crippen LogP contribution < -0.4 is 9.47 Å². The number of aliphatic hydroxyl groups is 2. The minimum Gasteiger partial charge on any atom is -0.491 e. The highest BCUT2D eigenvalue weighted by atomic mass is 19.1. The second kappa shape index (κ2) is 11.8. The van der Waals surface area contributed by atoms with Crippen molar-refractivity contribution in [2.45, 2.75) is 69.4 Å². The summed E-state index contributed by atoms with van der Waals surface area (Å²) in [7, 11) is 0. The molecule has 1 unspecified atom stereocenters. The zero-order valence-corrected chi connectivity index (χ0v) is 24.8. The quantitative estimate of drug-likeness (QED) is 0.281. The normalized spacial score (nSPS) is 25.3. The van der Waals surface area contributed by atoms with E-state index in [2.05, 4.69) is 0 Å². The van der Waals surface area contributed by atoms with Gasteiger partial charge in [0.2, 0.25) is 0 Å². The number of aliphatic hydroxyl groups excluding tert-OH is 1. The lowest BCUT2D eigenvalue weighted by Gasteiger charge is -2.27. The lowest BCUT2D eigenvalue weighted by molar-refractivity contribution is -0.0392. The molecule has 2 N–H and O–H groups in total. The Morgan fingerprint density at radius 1 is 0.932 bits per heavy atom. The maximum absolute atomic E-state index is 15.8. The summed E-state index contributed by atoms with van der Waals surface area (Å²) in [4.78, 5) is 4.76. The first-order valence-electron chi connectivity index (χ1n) is 15.2. The van der Waals surface area contributed by atoms with E-state index in [9.17, 15) is 10.2 Å². The fraction of sp³-hybridized carbons (Fsp3) is 0.441. The van der Waals surface area contributed by atoms with Gasteiger partial charge in [0.05, 0.1) is 29.8 Å². The SMILES string of the molecule is CC(C)(O)COc1ccc(-c2ccc(-c3nc4cc(O[C@@H]5CO[C@H]6[C@@H]5OC[C@H]6O)n(C5CCCCO5)c4cc3F)cc2)cc1. The van der Waals surface area contributed by atoms with Crippen LogP contribution in [0, 0.1) is 5.82 Å². The Morgan fingerprint density at radius 2 is 1.64 bits per heavy atom. The van der Waals surface area contributed by atoms with Crippen molar-refractivity contribution >= 4 is 11.0 Å². The van der Waals surface area contributed by atoms with Crippen LogP contribution in [-0.4, -0.2) is 76.2 Å². The zero-order valence-electron chi connectivity index (χ0n) is 24.8. The summed E-state index contributed by atoms with van der Waals surface area (Å²) >= 11 is 0. The van der Waals surface area contributed by atoms with Gasteiger partial charge in [0.1, 0.15) is 42.6 Å². The fourth-order valence-electron chi connectivity index (χ4n) is 6.14. The van der Waals surface area contributed by atoms with Crippen LogP contribution in [0.1, 0.15) is 39.3 Å². The Kier molecular flexibility index (Phi) is 7.80. The van der Waals surface area contributed by atoms with Crippen LogP contribution in [0.3, 0.4) is 0 Å². The third-order valence-corrected chi connectivity index (χ3v) is 8.38. The molecule has 10 heteroatoms. The van der Waals surface area contributed by atoms with Crippen molar-refractivity contribution in [3.05, 3.63) is 66.5 Å². The van der Waals surface area contributed by atoms with E-state index >= 15 is 4.39 Å². The highest BCUT2D eigenvalue weighted by Crippen LogP contribution is 2.38. The number of aromatic nitrogens is 2. The molecular weight excluding hydrogens is 567 g/mol. The van der Waals surface area contributed by atoms with Gasteiger partial charge in [0.15, 0.2) is 17.8 Å². The Balaban J connectivity index is 1.16. The van der Waals surface area contributed by atoms with Gasteiger partial charge in [-0.2, -0.15) is 0 Å². The van der Waals surface area contributed by atoms with Crippen LogP contribution in [0.4, 0.5) is 4.39 Å². The molecule has 3 aliphatic rings. The van der Waals surface area contributed by atoms with E-state index in [-0.39, 0.29) is 37.8 Å². The molecule has 0 spiro atoms. The van der Waals surface area contributed by atoms with Crippen LogP contribution >= 0.6 is 0 Å². The number of rotatable bonds is 8. The van der Waals surface area contributed by atoms with Gasteiger partial charge in [-0.1, -0.05) is 36.4 Å². The molecule has 44 heavy (non-hydrogen) atoms. The maximum Gasteiger partial charge on any atom is 0.198 e. The Labute approximate surface area is 255 Å². The van der Waals surface area contributed by atoms with Gasteiger partial charge >= 0.3 is 0 Å². The van der Waals surface area contributed by atoms with E-state index in [4.69, 9.17) is 28.7 Å². The summed E-state index contributed by atoms with van der Waals surface area (Å²) < 4.78 is 47.4. The van der Waals surface area contributed by atoms with Crippen molar-refractivity contribution in [2.24, 2.45) is 0 Å². The number of hydrogen-bond donors (Lipinski definition) is 2. The van der Waals surface area contributed by atoms with E-state index < -0.39 is 29.7 Å². The number of nitrogens with zero attached hydrogens (tertiary/aromatic N) is 2. The van der Waals surface area contributed by atoms with Gasteiger partial charge in [0, 0.05) is 24.3 Å². The highest BCUT2D eigenvalue weighted by Gasteiger charge is 2.48. The average Bonchev–Trinajstić information content (AvgIpc) is 3.70. The summed E-state index contributed by atoms with van der Waals surface area (Å²) in [6, 6.07) is 18.6. The molecule has 3 saturated heterocycles. The molecule has 4 aromatic rings. The third-order valence-electron chi connectivity index (χ3n) is 8.38. The van der Waals surface area contributed by atoms with Gasteiger partial charge in [-0.25, -0.2) is 9.37 Å². The molecule has 232 valence electrons. The van der Waals surface area contributed by atoms with Gasteiger partial charge in [-0.3, -0.25) is 4.57 Å². The molecule has 3 fully saturated rings. The van der Waals surface area contributed by atoms with Gasteiger partial charge in [-0.15, -0.1) is 0 Å². The molecule has 9 nitrogen and oxygen atoms in total. The van der Waals surface area contributed by atoms with E-state index in [0.29, 0.717) is 34.8 Å². The predicted octanol–water partition coefficient (Wildman–Crippen LogP) is 5.26. The minimum atomic E-state index is -0.912. The molecular formula is C34H37FN2O7. The van der Waals surface area contributed by atoms with Crippen LogP contribution in [0.5, 0.6) is 11.6 Å².